The summed E-state index contributed by atoms with van der Waals surface area (Å²) in [5.41, 5.74) is 0.991. The molecule has 7 heteroatoms. The molecule has 0 aliphatic carbocycles. The number of para-hydroxylation sites is 1. The Labute approximate surface area is 113 Å². The maximum atomic E-state index is 11.8. The van der Waals surface area contributed by atoms with Crippen molar-refractivity contribution in [3.63, 3.8) is 0 Å². The Hall–Kier alpha value is -2.70. The fourth-order valence-electron chi connectivity index (χ4n) is 2.59. The molecule has 0 unspecified atom stereocenters. The second-order valence-corrected chi connectivity index (χ2v) is 4.59. The zero-order valence-corrected chi connectivity index (χ0v) is 10.3. The molecule has 2 heterocycles. The molecule has 102 valence electrons. The number of carbonyl (C=O) groups is 2. The first-order chi connectivity index (χ1) is 9.58. The summed E-state index contributed by atoms with van der Waals surface area (Å²) in [6, 6.07) is 6.13. The molecule has 0 bridgehead atoms. The molecule has 1 aromatic carbocycles. The van der Waals surface area contributed by atoms with Crippen LogP contribution in [0.5, 0.6) is 0 Å². The Bertz CT molecular complexity index is 664. The van der Waals surface area contributed by atoms with E-state index in [1.165, 1.54) is 6.07 Å². The monoisotopic (exact) mass is 274 g/mol. The van der Waals surface area contributed by atoms with Gasteiger partial charge in [0.1, 0.15) is 6.61 Å². The van der Waals surface area contributed by atoms with Gasteiger partial charge in [-0.25, -0.2) is 4.79 Å². The van der Waals surface area contributed by atoms with Crippen molar-refractivity contribution in [1.82, 2.24) is 5.32 Å². The van der Waals surface area contributed by atoms with Crippen LogP contribution in [0.4, 0.5) is 5.69 Å². The van der Waals surface area contributed by atoms with Gasteiger partial charge in [-0.1, -0.05) is 18.2 Å². The quantitative estimate of drug-likeness (QED) is 0.493. The van der Waals surface area contributed by atoms with E-state index in [0.717, 1.165) is 0 Å². The van der Waals surface area contributed by atoms with E-state index in [-0.39, 0.29) is 24.6 Å². The van der Waals surface area contributed by atoms with E-state index >= 15 is 0 Å². The third-order valence-electron chi connectivity index (χ3n) is 3.43. The van der Waals surface area contributed by atoms with Crippen LogP contribution in [0, 0.1) is 10.1 Å². The number of esters is 1. The summed E-state index contributed by atoms with van der Waals surface area (Å²) in [5.74, 6) is -1.43. The summed E-state index contributed by atoms with van der Waals surface area (Å²) in [7, 11) is 0. The first-order valence-corrected chi connectivity index (χ1v) is 6.01. The predicted molar refractivity (Wildman–Crippen MR) is 66.6 cm³/mol. The third kappa shape index (κ3) is 1.83. The minimum absolute atomic E-state index is 0.00120. The average molecular weight is 274 g/mol. The van der Waals surface area contributed by atoms with E-state index in [1.807, 2.05) is 0 Å². The number of amides is 1. The van der Waals surface area contributed by atoms with Crippen LogP contribution in [-0.4, -0.2) is 23.4 Å². The molecule has 20 heavy (non-hydrogen) atoms. The van der Waals surface area contributed by atoms with Crippen molar-refractivity contribution < 1.29 is 19.2 Å². The highest BCUT2D eigenvalue weighted by Gasteiger charge is 2.40. The van der Waals surface area contributed by atoms with Gasteiger partial charge in [-0.15, -0.1) is 0 Å². The van der Waals surface area contributed by atoms with E-state index in [1.54, 1.807) is 18.2 Å². The number of cyclic esters (lactones) is 1. The van der Waals surface area contributed by atoms with Crippen molar-refractivity contribution in [2.45, 2.75) is 12.3 Å². The Balaban J connectivity index is 2.14. The molecule has 0 spiro atoms. The molecule has 2 aliphatic rings. The van der Waals surface area contributed by atoms with Gasteiger partial charge in [-0.3, -0.25) is 14.9 Å². The topological polar surface area (TPSA) is 98.5 Å². The summed E-state index contributed by atoms with van der Waals surface area (Å²) in [6.45, 7) is 0.0110. The summed E-state index contributed by atoms with van der Waals surface area (Å²) in [5, 5.41) is 13.7. The van der Waals surface area contributed by atoms with E-state index in [0.29, 0.717) is 16.8 Å². The van der Waals surface area contributed by atoms with E-state index < -0.39 is 16.8 Å². The number of nitrogens with one attached hydrogen (secondary N) is 1. The van der Waals surface area contributed by atoms with Crippen LogP contribution in [0.1, 0.15) is 17.9 Å². The van der Waals surface area contributed by atoms with Crippen LogP contribution in [0.3, 0.4) is 0 Å². The third-order valence-corrected chi connectivity index (χ3v) is 3.43. The Morgan fingerprint density at radius 2 is 2.05 bits per heavy atom. The number of nitro benzene ring substituents is 1. The van der Waals surface area contributed by atoms with Gasteiger partial charge in [-0.05, 0) is 0 Å². The Morgan fingerprint density at radius 3 is 2.80 bits per heavy atom. The van der Waals surface area contributed by atoms with Crippen molar-refractivity contribution in [3.8, 4) is 0 Å². The van der Waals surface area contributed by atoms with Crippen molar-refractivity contribution in [3.05, 3.63) is 51.2 Å². The molecule has 1 aromatic rings. The molecule has 7 nitrogen and oxygen atoms in total. The van der Waals surface area contributed by atoms with E-state index in [9.17, 15) is 19.7 Å². The molecule has 0 saturated carbocycles. The number of carbonyl (C=O) groups excluding carboxylic acids is 2. The highest BCUT2D eigenvalue weighted by molar-refractivity contribution is 5.98. The molecular weight excluding hydrogens is 264 g/mol. The van der Waals surface area contributed by atoms with Crippen LogP contribution in [-0.2, 0) is 14.3 Å². The van der Waals surface area contributed by atoms with Gasteiger partial charge in [0.2, 0.25) is 5.91 Å². The zero-order valence-electron chi connectivity index (χ0n) is 10.3. The van der Waals surface area contributed by atoms with Crippen LogP contribution >= 0.6 is 0 Å². The summed E-state index contributed by atoms with van der Waals surface area (Å²) in [4.78, 5) is 34.1. The zero-order chi connectivity index (χ0) is 14.3. The average Bonchev–Trinajstić information content (AvgIpc) is 2.79. The number of nitro groups is 1. The van der Waals surface area contributed by atoms with Crippen LogP contribution in [0.25, 0.3) is 0 Å². The lowest BCUT2D eigenvalue weighted by Crippen LogP contribution is -2.32. The van der Waals surface area contributed by atoms with E-state index in [2.05, 4.69) is 5.32 Å². The number of rotatable bonds is 2. The van der Waals surface area contributed by atoms with Gasteiger partial charge in [-0.2, -0.15) is 0 Å². The first-order valence-electron chi connectivity index (χ1n) is 6.01. The van der Waals surface area contributed by atoms with Crippen LogP contribution in [0.15, 0.2) is 35.5 Å². The Kier molecular flexibility index (Phi) is 2.74. The minimum atomic E-state index is -0.629. The van der Waals surface area contributed by atoms with Gasteiger partial charge in [0.25, 0.3) is 5.69 Å². The minimum Gasteiger partial charge on any atom is -0.456 e. The molecule has 0 radical (unpaired) electrons. The SMILES string of the molecule is O=C1C[C@H](c2ccccc2[N+](=O)[O-])C2=C(COC2=O)N1. The van der Waals surface area contributed by atoms with Crippen molar-refractivity contribution in [2.24, 2.45) is 0 Å². The molecule has 0 saturated heterocycles. The molecule has 0 fully saturated rings. The standard InChI is InChI=1S/C13H10N2O5/c16-11-5-8(12-9(14-11)6-20-13(12)17)7-3-1-2-4-10(7)15(18)19/h1-4,8H,5-6H2,(H,14,16)/t8-/m1/s1. The molecule has 1 N–H and O–H groups in total. The lowest BCUT2D eigenvalue weighted by Gasteiger charge is -2.22. The largest absolute Gasteiger partial charge is 0.456 e. The maximum Gasteiger partial charge on any atom is 0.336 e. The number of hydrogen-bond donors (Lipinski definition) is 1. The van der Waals surface area contributed by atoms with Gasteiger partial charge in [0.15, 0.2) is 0 Å². The number of ether oxygens (including phenoxy) is 1. The highest BCUT2D eigenvalue weighted by Crippen LogP contribution is 2.39. The fourth-order valence-corrected chi connectivity index (χ4v) is 2.59. The first kappa shape index (κ1) is 12.3. The second-order valence-electron chi connectivity index (χ2n) is 4.59. The van der Waals surface area contributed by atoms with Crippen molar-refractivity contribution in [1.29, 1.82) is 0 Å². The highest BCUT2D eigenvalue weighted by atomic mass is 16.6. The molecule has 1 atom stereocenters. The number of benzene rings is 1. The fraction of sp³-hybridized carbons (Fsp3) is 0.231. The van der Waals surface area contributed by atoms with Crippen LogP contribution in [0.2, 0.25) is 0 Å². The van der Waals surface area contributed by atoms with Gasteiger partial charge in [0, 0.05) is 24.0 Å². The lowest BCUT2D eigenvalue weighted by atomic mass is 9.84. The molecule has 0 aromatic heterocycles. The molecule has 3 rings (SSSR count). The molecule has 1 amide bonds. The maximum absolute atomic E-state index is 11.8. The Morgan fingerprint density at radius 1 is 1.30 bits per heavy atom. The number of nitrogens with zero attached hydrogens (tertiary/aromatic N) is 1. The summed E-state index contributed by atoms with van der Waals surface area (Å²) in [6.07, 6.45) is -0.00120. The van der Waals surface area contributed by atoms with Gasteiger partial charge >= 0.3 is 5.97 Å². The molecule has 2 aliphatic heterocycles. The van der Waals surface area contributed by atoms with Crippen molar-refractivity contribution >= 4 is 17.6 Å². The van der Waals surface area contributed by atoms with Crippen molar-refractivity contribution in [2.75, 3.05) is 6.61 Å². The number of hydrogen-bond acceptors (Lipinski definition) is 5. The summed E-state index contributed by atoms with van der Waals surface area (Å²) < 4.78 is 4.90. The van der Waals surface area contributed by atoms with Gasteiger partial charge in [0.05, 0.1) is 16.2 Å². The summed E-state index contributed by atoms with van der Waals surface area (Å²) >= 11 is 0. The lowest BCUT2D eigenvalue weighted by molar-refractivity contribution is -0.385. The van der Waals surface area contributed by atoms with E-state index in [4.69, 9.17) is 4.74 Å². The molecular formula is C13H10N2O5. The van der Waals surface area contributed by atoms with Gasteiger partial charge < -0.3 is 10.1 Å². The second kappa shape index (κ2) is 4.44. The smallest absolute Gasteiger partial charge is 0.336 e. The normalized spacial score (nSPS) is 21.3. The predicted octanol–water partition coefficient (Wildman–Crippen LogP) is 1.01. The van der Waals surface area contributed by atoms with Crippen LogP contribution < -0.4 is 5.32 Å².